The van der Waals surface area contributed by atoms with Gasteiger partial charge in [-0.1, -0.05) is 26.3 Å². The molecule has 0 bridgehead atoms. The second-order valence-corrected chi connectivity index (χ2v) is 5.65. The van der Waals surface area contributed by atoms with Crippen LogP contribution < -0.4 is 10.1 Å². The van der Waals surface area contributed by atoms with Crippen molar-refractivity contribution in [3.05, 3.63) is 24.3 Å². The molecule has 0 spiro atoms. The van der Waals surface area contributed by atoms with Gasteiger partial charge < -0.3 is 14.8 Å². The Bertz CT molecular complexity index is 455. The molecule has 21 heavy (non-hydrogen) atoms. The number of hydrogen-bond acceptors (Lipinski definition) is 3. The number of carbonyl (C=O) groups is 1. The van der Waals surface area contributed by atoms with Gasteiger partial charge in [0, 0.05) is 24.3 Å². The number of hydrogen-bond donors (Lipinski definition) is 1. The third kappa shape index (κ3) is 5.05. The second-order valence-electron chi connectivity index (χ2n) is 5.65. The van der Waals surface area contributed by atoms with Gasteiger partial charge in [0.2, 0.25) is 5.91 Å². The Morgan fingerprint density at radius 1 is 1.52 bits per heavy atom. The van der Waals surface area contributed by atoms with E-state index in [9.17, 15) is 4.79 Å². The first-order chi connectivity index (χ1) is 10.2. The summed E-state index contributed by atoms with van der Waals surface area (Å²) < 4.78 is 11.3. The Morgan fingerprint density at radius 3 is 3.10 bits per heavy atom. The predicted molar refractivity (Wildman–Crippen MR) is 83.6 cm³/mol. The maximum atomic E-state index is 12.0. The summed E-state index contributed by atoms with van der Waals surface area (Å²) in [5.41, 5.74) is 0.785. The van der Waals surface area contributed by atoms with E-state index >= 15 is 0 Å². The third-order valence-corrected chi connectivity index (χ3v) is 3.73. The summed E-state index contributed by atoms with van der Waals surface area (Å²) in [7, 11) is 0. The van der Waals surface area contributed by atoms with Gasteiger partial charge >= 0.3 is 0 Å². The highest BCUT2D eigenvalue weighted by Gasteiger charge is 2.16. The highest BCUT2D eigenvalue weighted by molar-refractivity contribution is 5.92. The van der Waals surface area contributed by atoms with Crippen molar-refractivity contribution in [2.75, 3.05) is 18.5 Å². The largest absolute Gasteiger partial charge is 0.491 e. The van der Waals surface area contributed by atoms with E-state index in [1.807, 2.05) is 31.2 Å². The first-order valence-electron chi connectivity index (χ1n) is 7.84. The van der Waals surface area contributed by atoms with E-state index in [-0.39, 0.29) is 17.9 Å². The molecule has 0 saturated carbocycles. The Hall–Kier alpha value is -1.55. The smallest absolute Gasteiger partial charge is 0.227 e. The molecule has 1 heterocycles. The van der Waals surface area contributed by atoms with Gasteiger partial charge in [-0.05, 0) is 31.4 Å². The van der Waals surface area contributed by atoms with Crippen LogP contribution in [0.2, 0.25) is 0 Å². The number of nitrogens with one attached hydrogen (secondary N) is 1. The quantitative estimate of drug-likeness (QED) is 0.834. The third-order valence-electron chi connectivity index (χ3n) is 3.73. The molecule has 1 saturated heterocycles. The van der Waals surface area contributed by atoms with Crippen LogP contribution in [0.3, 0.4) is 0 Å². The van der Waals surface area contributed by atoms with Crippen molar-refractivity contribution in [1.82, 2.24) is 0 Å². The summed E-state index contributed by atoms with van der Waals surface area (Å²) in [6.07, 6.45) is 4.29. The Morgan fingerprint density at radius 2 is 2.38 bits per heavy atom. The molecule has 1 amide bonds. The van der Waals surface area contributed by atoms with Crippen molar-refractivity contribution >= 4 is 11.6 Å². The summed E-state index contributed by atoms with van der Waals surface area (Å²) in [6, 6.07) is 7.55. The zero-order valence-corrected chi connectivity index (χ0v) is 12.9. The van der Waals surface area contributed by atoms with E-state index in [4.69, 9.17) is 9.47 Å². The molecule has 1 aromatic rings. The lowest BCUT2D eigenvalue weighted by Gasteiger charge is -2.14. The van der Waals surface area contributed by atoms with Crippen LogP contribution in [0.4, 0.5) is 5.69 Å². The van der Waals surface area contributed by atoms with Crippen LogP contribution in [0, 0.1) is 5.92 Å². The van der Waals surface area contributed by atoms with E-state index in [2.05, 4.69) is 12.2 Å². The highest BCUT2D eigenvalue weighted by Crippen LogP contribution is 2.20. The fourth-order valence-corrected chi connectivity index (χ4v) is 2.46. The lowest BCUT2D eigenvalue weighted by atomic mass is 10.1. The molecule has 2 atom stereocenters. The lowest BCUT2D eigenvalue weighted by Crippen LogP contribution is -2.20. The molecule has 0 aromatic heterocycles. The topological polar surface area (TPSA) is 47.6 Å². The van der Waals surface area contributed by atoms with Gasteiger partial charge in [-0.25, -0.2) is 0 Å². The van der Waals surface area contributed by atoms with Crippen LogP contribution in [-0.2, 0) is 9.53 Å². The summed E-state index contributed by atoms with van der Waals surface area (Å²) in [4.78, 5) is 12.0. The standard InChI is InChI=1S/C17H25NO3/c1-3-6-13(2)17(19)18-14-7-4-8-15(11-14)21-12-16-9-5-10-20-16/h4,7-8,11,13,16H,3,5-6,9-10,12H2,1-2H3,(H,18,19). The number of ether oxygens (including phenoxy) is 2. The second kappa shape index (κ2) is 8.03. The maximum absolute atomic E-state index is 12.0. The van der Waals surface area contributed by atoms with Crippen molar-refractivity contribution < 1.29 is 14.3 Å². The Balaban J connectivity index is 1.86. The van der Waals surface area contributed by atoms with Crippen LogP contribution >= 0.6 is 0 Å². The number of benzene rings is 1. The number of anilines is 1. The van der Waals surface area contributed by atoms with Crippen LogP contribution in [0.1, 0.15) is 39.5 Å². The van der Waals surface area contributed by atoms with Crippen LogP contribution in [0.5, 0.6) is 5.75 Å². The van der Waals surface area contributed by atoms with Gasteiger partial charge in [0.1, 0.15) is 12.4 Å². The molecule has 1 aliphatic heterocycles. The van der Waals surface area contributed by atoms with Crippen molar-refractivity contribution in [2.24, 2.45) is 5.92 Å². The monoisotopic (exact) mass is 291 g/mol. The minimum Gasteiger partial charge on any atom is -0.491 e. The molecule has 1 aromatic carbocycles. The van der Waals surface area contributed by atoms with E-state index in [1.165, 1.54) is 0 Å². The van der Waals surface area contributed by atoms with Crippen LogP contribution in [0.25, 0.3) is 0 Å². The molecule has 1 aliphatic rings. The molecule has 0 aliphatic carbocycles. The molecule has 116 valence electrons. The average molecular weight is 291 g/mol. The lowest BCUT2D eigenvalue weighted by molar-refractivity contribution is -0.119. The van der Waals surface area contributed by atoms with Gasteiger partial charge in [0.15, 0.2) is 0 Å². The van der Waals surface area contributed by atoms with E-state index in [0.29, 0.717) is 6.61 Å². The molecular weight excluding hydrogens is 266 g/mol. The van der Waals surface area contributed by atoms with E-state index < -0.39 is 0 Å². The minimum absolute atomic E-state index is 0.0338. The zero-order chi connectivity index (χ0) is 15.1. The van der Waals surface area contributed by atoms with Crippen molar-refractivity contribution in [2.45, 2.75) is 45.6 Å². The van der Waals surface area contributed by atoms with Gasteiger partial charge in [0.05, 0.1) is 6.10 Å². The normalized spacial score (nSPS) is 19.2. The number of amides is 1. The molecular formula is C17H25NO3. The first-order valence-corrected chi connectivity index (χ1v) is 7.84. The summed E-state index contributed by atoms with van der Waals surface area (Å²) in [5, 5.41) is 2.94. The summed E-state index contributed by atoms with van der Waals surface area (Å²) in [5.74, 6) is 0.867. The van der Waals surface area contributed by atoms with Gasteiger partial charge in [0.25, 0.3) is 0 Å². The Kier molecular flexibility index (Phi) is 6.05. The molecule has 2 rings (SSSR count). The fourth-order valence-electron chi connectivity index (χ4n) is 2.46. The fraction of sp³-hybridized carbons (Fsp3) is 0.588. The molecule has 2 unspecified atom stereocenters. The van der Waals surface area contributed by atoms with Crippen molar-refractivity contribution in [1.29, 1.82) is 0 Å². The average Bonchev–Trinajstić information content (AvgIpc) is 2.99. The van der Waals surface area contributed by atoms with Crippen LogP contribution in [0.15, 0.2) is 24.3 Å². The first kappa shape index (κ1) is 15.8. The molecule has 4 nitrogen and oxygen atoms in total. The molecule has 1 N–H and O–H groups in total. The predicted octanol–water partition coefficient (Wildman–Crippen LogP) is 3.62. The van der Waals surface area contributed by atoms with Crippen molar-refractivity contribution in [3.8, 4) is 5.75 Å². The summed E-state index contributed by atoms with van der Waals surface area (Å²) >= 11 is 0. The van der Waals surface area contributed by atoms with Gasteiger partial charge in [-0.15, -0.1) is 0 Å². The summed E-state index contributed by atoms with van der Waals surface area (Å²) in [6.45, 7) is 5.45. The maximum Gasteiger partial charge on any atom is 0.227 e. The number of rotatable bonds is 7. The van der Waals surface area contributed by atoms with Crippen molar-refractivity contribution in [3.63, 3.8) is 0 Å². The zero-order valence-electron chi connectivity index (χ0n) is 12.9. The van der Waals surface area contributed by atoms with E-state index in [1.54, 1.807) is 0 Å². The van der Waals surface area contributed by atoms with Crippen LogP contribution in [-0.4, -0.2) is 25.2 Å². The van der Waals surface area contributed by atoms with Gasteiger partial charge in [-0.3, -0.25) is 4.79 Å². The number of carbonyl (C=O) groups excluding carboxylic acids is 1. The van der Waals surface area contributed by atoms with Gasteiger partial charge in [-0.2, -0.15) is 0 Å². The molecule has 0 radical (unpaired) electrons. The Labute approximate surface area is 126 Å². The van der Waals surface area contributed by atoms with E-state index in [0.717, 1.165) is 43.7 Å². The SMILES string of the molecule is CCCC(C)C(=O)Nc1cccc(OCC2CCCO2)c1. The highest BCUT2D eigenvalue weighted by atomic mass is 16.5. The molecule has 4 heteroatoms. The molecule has 1 fully saturated rings. The minimum atomic E-state index is 0.0338.